The second-order valence-corrected chi connectivity index (χ2v) is 5.36. The van der Waals surface area contributed by atoms with E-state index in [2.05, 4.69) is 47.8 Å². The van der Waals surface area contributed by atoms with Gasteiger partial charge in [0.1, 0.15) is 0 Å². The number of nitrogens with one attached hydrogen (secondary N) is 1. The molecule has 2 aromatic rings. The lowest BCUT2D eigenvalue weighted by molar-refractivity contribution is 0.571. The Balaban J connectivity index is 2.28. The molecule has 0 radical (unpaired) electrons. The molecule has 0 fully saturated rings. The van der Waals surface area contributed by atoms with Gasteiger partial charge in [-0.15, -0.1) is 5.10 Å². The number of benzene rings is 1. The molecule has 1 unspecified atom stereocenters. The first-order valence-electron chi connectivity index (χ1n) is 6.12. The Kier molecular flexibility index (Phi) is 4.09. The molecule has 2 rings (SSSR count). The summed E-state index contributed by atoms with van der Waals surface area (Å²) in [6, 6.07) is 4.73. The second kappa shape index (κ2) is 5.59. The Morgan fingerprint density at radius 1 is 1.22 bits per heavy atom. The molecule has 1 heterocycles. The van der Waals surface area contributed by atoms with E-state index in [-0.39, 0.29) is 6.04 Å². The first kappa shape index (κ1) is 13.2. The smallest absolute Gasteiger partial charge is 0.0928 e. The minimum atomic E-state index is 0.240. The highest BCUT2D eigenvalue weighted by atomic mass is 32.1. The maximum Gasteiger partial charge on any atom is 0.0928 e. The molecule has 0 aliphatic heterocycles. The normalized spacial score (nSPS) is 12.7. The molecular formula is C14H19N3S. The molecule has 0 bridgehead atoms. The lowest BCUT2D eigenvalue weighted by atomic mass is 9.93. The first-order valence-corrected chi connectivity index (χ1v) is 6.96. The van der Waals surface area contributed by atoms with Crippen LogP contribution in [0, 0.1) is 20.8 Å². The monoisotopic (exact) mass is 261 g/mol. The van der Waals surface area contributed by atoms with Crippen LogP contribution in [0.15, 0.2) is 17.5 Å². The molecule has 1 N–H and O–H groups in total. The zero-order valence-corrected chi connectivity index (χ0v) is 12.1. The van der Waals surface area contributed by atoms with Gasteiger partial charge in [0, 0.05) is 5.38 Å². The van der Waals surface area contributed by atoms with Crippen LogP contribution < -0.4 is 5.32 Å². The molecule has 18 heavy (non-hydrogen) atoms. The van der Waals surface area contributed by atoms with E-state index in [1.165, 1.54) is 33.8 Å². The lowest BCUT2D eigenvalue weighted by Crippen LogP contribution is -2.20. The summed E-state index contributed by atoms with van der Waals surface area (Å²) < 4.78 is 3.94. The molecule has 3 nitrogen and oxygen atoms in total. The van der Waals surface area contributed by atoms with Gasteiger partial charge in [0.15, 0.2) is 0 Å². The van der Waals surface area contributed by atoms with Crippen molar-refractivity contribution in [3.63, 3.8) is 0 Å². The van der Waals surface area contributed by atoms with Crippen molar-refractivity contribution < 1.29 is 0 Å². The van der Waals surface area contributed by atoms with Gasteiger partial charge in [-0.2, -0.15) is 0 Å². The fourth-order valence-electron chi connectivity index (χ4n) is 2.41. The van der Waals surface area contributed by atoms with E-state index in [4.69, 9.17) is 0 Å². The van der Waals surface area contributed by atoms with Crippen LogP contribution in [-0.2, 0) is 6.42 Å². The van der Waals surface area contributed by atoms with Gasteiger partial charge in [0.05, 0.1) is 11.7 Å². The fourth-order valence-corrected chi connectivity index (χ4v) is 2.92. The van der Waals surface area contributed by atoms with E-state index in [0.29, 0.717) is 0 Å². The van der Waals surface area contributed by atoms with Gasteiger partial charge < -0.3 is 5.32 Å². The predicted molar refractivity (Wildman–Crippen MR) is 76.1 cm³/mol. The van der Waals surface area contributed by atoms with Crippen molar-refractivity contribution in [2.45, 2.75) is 33.2 Å². The molecule has 1 aromatic carbocycles. The highest BCUT2D eigenvalue weighted by Gasteiger charge is 2.15. The highest BCUT2D eigenvalue weighted by molar-refractivity contribution is 7.03. The fraction of sp³-hybridized carbons (Fsp3) is 0.429. The van der Waals surface area contributed by atoms with Gasteiger partial charge in [-0.05, 0) is 62.5 Å². The first-order chi connectivity index (χ1) is 8.61. The van der Waals surface area contributed by atoms with Gasteiger partial charge >= 0.3 is 0 Å². The molecular weight excluding hydrogens is 242 g/mol. The van der Waals surface area contributed by atoms with Crippen LogP contribution in [0.2, 0.25) is 0 Å². The summed E-state index contributed by atoms with van der Waals surface area (Å²) in [6.45, 7) is 6.51. The molecule has 0 saturated heterocycles. The highest BCUT2D eigenvalue weighted by Crippen LogP contribution is 2.23. The van der Waals surface area contributed by atoms with Gasteiger partial charge in [0.2, 0.25) is 0 Å². The van der Waals surface area contributed by atoms with Crippen LogP contribution in [0.3, 0.4) is 0 Å². The number of likely N-dealkylation sites (N-methyl/N-ethyl adjacent to an activating group) is 1. The van der Waals surface area contributed by atoms with Crippen LogP contribution >= 0.6 is 11.5 Å². The summed E-state index contributed by atoms with van der Waals surface area (Å²) in [4.78, 5) is 0. The molecule has 0 saturated carbocycles. The molecule has 0 amide bonds. The number of nitrogens with zero attached hydrogens (tertiary/aromatic N) is 2. The molecule has 0 spiro atoms. The van der Waals surface area contributed by atoms with E-state index in [1.54, 1.807) is 0 Å². The number of aryl methyl sites for hydroxylation is 3. The molecule has 1 atom stereocenters. The van der Waals surface area contributed by atoms with E-state index < -0.39 is 0 Å². The molecule has 0 aliphatic rings. The number of hydrogen-bond acceptors (Lipinski definition) is 4. The van der Waals surface area contributed by atoms with E-state index in [9.17, 15) is 0 Å². The molecule has 4 heteroatoms. The second-order valence-electron chi connectivity index (χ2n) is 4.75. The van der Waals surface area contributed by atoms with E-state index in [0.717, 1.165) is 12.1 Å². The summed E-state index contributed by atoms with van der Waals surface area (Å²) in [5.41, 5.74) is 6.48. The van der Waals surface area contributed by atoms with Crippen molar-refractivity contribution >= 4 is 11.5 Å². The molecule has 0 aliphatic carbocycles. The molecule has 96 valence electrons. The number of aromatic nitrogens is 2. The SMILES string of the molecule is CNC(Cc1c(C)cc(C)cc1C)c1csnn1. The summed E-state index contributed by atoms with van der Waals surface area (Å²) in [5, 5.41) is 9.51. The zero-order valence-electron chi connectivity index (χ0n) is 11.3. The lowest BCUT2D eigenvalue weighted by Gasteiger charge is -2.17. The summed E-state index contributed by atoms with van der Waals surface area (Å²) in [5.74, 6) is 0. The quantitative estimate of drug-likeness (QED) is 0.919. The average Bonchev–Trinajstić information content (AvgIpc) is 2.81. The third-order valence-corrected chi connectivity index (χ3v) is 3.85. The predicted octanol–water partition coefficient (Wildman–Crippen LogP) is 2.97. The van der Waals surface area contributed by atoms with Crippen LogP contribution in [0.4, 0.5) is 0 Å². The van der Waals surface area contributed by atoms with Crippen LogP contribution in [0.5, 0.6) is 0 Å². The largest absolute Gasteiger partial charge is 0.311 e. The van der Waals surface area contributed by atoms with Crippen molar-refractivity contribution in [2.75, 3.05) is 7.05 Å². The van der Waals surface area contributed by atoms with Crippen LogP contribution in [0.1, 0.15) is 34.0 Å². The van der Waals surface area contributed by atoms with E-state index in [1.807, 2.05) is 12.4 Å². The Morgan fingerprint density at radius 2 is 1.89 bits per heavy atom. The van der Waals surface area contributed by atoms with Crippen molar-refractivity contribution in [3.05, 3.63) is 45.5 Å². The maximum absolute atomic E-state index is 4.17. The van der Waals surface area contributed by atoms with Gasteiger partial charge in [-0.1, -0.05) is 22.2 Å². The Hall–Kier alpha value is -1.26. The Labute approximate surface area is 112 Å². The third kappa shape index (κ3) is 2.76. The van der Waals surface area contributed by atoms with Gasteiger partial charge in [-0.3, -0.25) is 0 Å². The topological polar surface area (TPSA) is 37.8 Å². The van der Waals surface area contributed by atoms with Crippen molar-refractivity contribution in [1.29, 1.82) is 0 Å². The third-order valence-electron chi connectivity index (χ3n) is 3.33. The average molecular weight is 261 g/mol. The summed E-state index contributed by atoms with van der Waals surface area (Å²) in [6.07, 6.45) is 0.958. The number of rotatable bonds is 4. The maximum atomic E-state index is 4.17. The Morgan fingerprint density at radius 3 is 2.39 bits per heavy atom. The van der Waals surface area contributed by atoms with E-state index >= 15 is 0 Å². The summed E-state index contributed by atoms with van der Waals surface area (Å²) in [7, 11) is 1.98. The minimum absolute atomic E-state index is 0.240. The van der Waals surface area contributed by atoms with Gasteiger partial charge in [-0.25, -0.2) is 0 Å². The van der Waals surface area contributed by atoms with Crippen molar-refractivity contribution in [1.82, 2.24) is 14.9 Å². The van der Waals surface area contributed by atoms with Crippen LogP contribution in [-0.4, -0.2) is 16.6 Å². The molecule has 1 aromatic heterocycles. The number of hydrogen-bond donors (Lipinski definition) is 1. The minimum Gasteiger partial charge on any atom is -0.311 e. The standard InChI is InChI=1S/C14H19N3S/c1-9-5-10(2)12(11(3)6-9)7-13(15-4)14-8-18-17-16-14/h5-6,8,13,15H,7H2,1-4H3. The Bertz CT molecular complexity index is 497. The zero-order chi connectivity index (χ0) is 13.1. The van der Waals surface area contributed by atoms with Crippen LogP contribution in [0.25, 0.3) is 0 Å². The van der Waals surface area contributed by atoms with Crippen molar-refractivity contribution in [2.24, 2.45) is 0 Å². The summed E-state index contributed by atoms with van der Waals surface area (Å²) >= 11 is 1.40. The van der Waals surface area contributed by atoms with Gasteiger partial charge in [0.25, 0.3) is 0 Å². The van der Waals surface area contributed by atoms with Crippen molar-refractivity contribution in [3.8, 4) is 0 Å².